The molecular formula is C29H26F7NO3. The molecule has 3 aromatic rings. The number of ether oxygens (including phenoxy) is 2. The first-order valence-corrected chi connectivity index (χ1v) is 12.3. The number of aryl methyl sites for hydroxylation is 1. The zero-order chi connectivity index (χ0) is 29.6. The Kier molecular flexibility index (Phi) is 7.79. The minimum atomic E-state index is -5.03. The van der Waals surface area contributed by atoms with Crippen LogP contribution in [0.3, 0.4) is 0 Å². The summed E-state index contributed by atoms with van der Waals surface area (Å²) in [5.41, 5.74) is -0.303. The van der Waals surface area contributed by atoms with E-state index >= 15 is 0 Å². The van der Waals surface area contributed by atoms with E-state index in [-0.39, 0.29) is 30.8 Å². The van der Waals surface area contributed by atoms with Gasteiger partial charge in [-0.05, 0) is 59.4 Å². The van der Waals surface area contributed by atoms with Crippen molar-refractivity contribution in [1.82, 2.24) is 4.90 Å². The molecule has 1 aliphatic heterocycles. The van der Waals surface area contributed by atoms with Gasteiger partial charge in [0.25, 0.3) is 0 Å². The van der Waals surface area contributed by atoms with Crippen LogP contribution in [0.25, 0.3) is 11.1 Å². The Hall–Kier alpha value is -3.76. The number of methoxy groups -OCH3 is 1. The molecule has 0 N–H and O–H groups in total. The molecule has 1 heterocycles. The van der Waals surface area contributed by atoms with Gasteiger partial charge in [-0.15, -0.1) is 0 Å². The summed E-state index contributed by atoms with van der Waals surface area (Å²) in [7, 11) is 1.40. The number of hydrogen-bond acceptors (Lipinski definition) is 3. The smallest absolute Gasteiger partial charge is 0.416 e. The van der Waals surface area contributed by atoms with Crippen molar-refractivity contribution < 1.29 is 45.0 Å². The Bertz CT molecular complexity index is 1400. The predicted octanol–water partition coefficient (Wildman–Crippen LogP) is 8.66. The average molecular weight is 570 g/mol. The van der Waals surface area contributed by atoms with Crippen LogP contribution < -0.4 is 4.74 Å². The summed E-state index contributed by atoms with van der Waals surface area (Å²) in [6, 6.07) is 9.49. The highest BCUT2D eigenvalue weighted by Gasteiger charge is 2.40. The van der Waals surface area contributed by atoms with Crippen molar-refractivity contribution in [3.05, 3.63) is 87.7 Å². The van der Waals surface area contributed by atoms with Crippen LogP contribution in [0.15, 0.2) is 48.5 Å². The number of amides is 1. The molecule has 11 heteroatoms. The summed E-state index contributed by atoms with van der Waals surface area (Å²) in [6.07, 6.45) is -12.3. The molecule has 0 spiro atoms. The van der Waals surface area contributed by atoms with E-state index in [1.807, 2.05) is 26.8 Å². The predicted molar refractivity (Wildman–Crippen MR) is 133 cm³/mol. The zero-order valence-electron chi connectivity index (χ0n) is 22.0. The van der Waals surface area contributed by atoms with Gasteiger partial charge in [0, 0.05) is 18.2 Å². The summed E-state index contributed by atoms with van der Waals surface area (Å²) in [4.78, 5) is 14.0. The number of cyclic esters (lactones) is 1. The number of carbonyl (C=O) groups excluding carboxylic acids is 1. The summed E-state index contributed by atoms with van der Waals surface area (Å²) < 4.78 is 105. The second kappa shape index (κ2) is 10.7. The molecular weight excluding hydrogens is 543 g/mol. The third-order valence-corrected chi connectivity index (χ3v) is 6.72. The van der Waals surface area contributed by atoms with Gasteiger partial charge in [0.05, 0.1) is 24.8 Å². The van der Waals surface area contributed by atoms with Crippen LogP contribution in [0, 0.1) is 12.7 Å². The highest BCUT2D eigenvalue weighted by atomic mass is 19.4. The molecule has 4 rings (SSSR count). The average Bonchev–Trinajstić information content (AvgIpc) is 3.22. The van der Waals surface area contributed by atoms with E-state index in [4.69, 9.17) is 9.47 Å². The molecule has 4 nitrogen and oxygen atoms in total. The lowest BCUT2D eigenvalue weighted by Gasteiger charge is -2.20. The third-order valence-electron chi connectivity index (χ3n) is 6.72. The van der Waals surface area contributed by atoms with Crippen LogP contribution in [0.1, 0.15) is 59.3 Å². The third kappa shape index (κ3) is 6.03. The fraction of sp³-hybridized carbons (Fsp3) is 0.345. The number of alkyl halides is 6. The molecule has 1 saturated heterocycles. The van der Waals surface area contributed by atoms with Gasteiger partial charge in [-0.2, -0.15) is 26.3 Å². The van der Waals surface area contributed by atoms with E-state index in [1.54, 1.807) is 18.2 Å². The lowest BCUT2D eigenvalue weighted by molar-refractivity contribution is -0.143. The topological polar surface area (TPSA) is 38.8 Å². The maximum absolute atomic E-state index is 14.6. The van der Waals surface area contributed by atoms with Gasteiger partial charge in [0.1, 0.15) is 17.7 Å². The summed E-state index contributed by atoms with van der Waals surface area (Å²) in [5.74, 6) is -0.311. The van der Waals surface area contributed by atoms with Gasteiger partial charge in [-0.25, -0.2) is 9.18 Å². The number of hydrogen-bond donors (Lipinski definition) is 0. The van der Waals surface area contributed by atoms with Gasteiger partial charge in [0.15, 0.2) is 0 Å². The summed E-state index contributed by atoms with van der Waals surface area (Å²) >= 11 is 0. The number of benzene rings is 3. The van der Waals surface area contributed by atoms with Gasteiger partial charge in [-0.3, -0.25) is 4.90 Å². The van der Waals surface area contributed by atoms with Gasteiger partial charge in [0.2, 0.25) is 0 Å². The van der Waals surface area contributed by atoms with E-state index in [0.717, 1.165) is 5.56 Å². The van der Waals surface area contributed by atoms with Gasteiger partial charge < -0.3 is 9.47 Å². The second-order valence-corrected chi connectivity index (χ2v) is 9.98. The van der Waals surface area contributed by atoms with Crippen LogP contribution in [0.5, 0.6) is 5.75 Å². The van der Waals surface area contributed by atoms with Gasteiger partial charge in [-0.1, -0.05) is 37.6 Å². The van der Waals surface area contributed by atoms with Crippen molar-refractivity contribution >= 4 is 6.09 Å². The molecule has 40 heavy (non-hydrogen) atoms. The first-order valence-electron chi connectivity index (χ1n) is 12.3. The lowest BCUT2D eigenvalue weighted by atomic mass is 9.92. The molecule has 3 aromatic carbocycles. The number of nitrogens with zero attached hydrogens (tertiary/aromatic N) is 1. The molecule has 1 fully saturated rings. The van der Waals surface area contributed by atoms with Crippen molar-refractivity contribution in [1.29, 1.82) is 0 Å². The molecule has 1 amide bonds. The van der Waals surface area contributed by atoms with Gasteiger partial charge >= 0.3 is 18.4 Å². The first kappa shape index (κ1) is 29.2. The van der Waals surface area contributed by atoms with E-state index in [0.29, 0.717) is 34.4 Å². The largest absolute Gasteiger partial charge is 0.496 e. The molecule has 214 valence electrons. The van der Waals surface area contributed by atoms with E-state index < -0.39 is 47.1 Å². The first-order chi connectivity index (χ1) is 18.6. The van der Waals surface area contributed by atoms with Crippen molar-refractivity contribution in [2.45, 2.75) is 51.7 Å². The summed E-state index contributed by atoms with van der Waals surface area (Å²) in [6.45, 7) is 5.16. The summed E-state index contributed by atoms with van der Waals surface area (Å²) in [5, 5.41) is 0. The van der Waals surface area contributed by atoms with Crippen molar-refractivity contribution in [2.75, 3.05) is 13.7 Å². The minimum absolute atomic E-state index is 0.0264. The van der Waals surface area contributed by atoms with Crippen molar-refractivity contribution in [3.63, 3.8) is 0 Å². The maximum Gasteiger partial charge on any atom is 0.416 e. The molecule has 1 atom stereocenters. The Morgan fingerprint density at radius 2 is 1.57 bits per heavy atom. The number of carbonyl (C=O) groups is 1. The number of rotatable bonds is 6. The Morgan fingerprint density at radius 1 is 0.950 bits per heavy atom. The van der Waals surface area contributed by atoms with E-state index in [1.165, 1.54) is 18.1 Å². The SMILES string of the molecule is COc1cc(F)c(C(C)C)cc1-c1ccc(C)cc1CN1CC(c2cc(C(F)(F)F)cc(C(F)(F)F)c2)OC1=O. The monoisotopic (exact) mass is 569 g/mol. The van der Waals surface area contributed by atoms with E-state index in [9.17, 15) is 35.5 Å². The quantitative estimate of drug-likeness (QED) is 0.279. The lowest BCUT2D eigenvalue weighted by Crippen LogP contribution is -2.24. The highest BCUT2D eigenvalue weighted by Crippen LogP contribution is 2.41. The molecule has 0 aliphatic carbocycles. The maximum atomic E-state index is 14.6. The second-order valence-electron chi connectivity index (χ2n) is 9.98. The van der Waals surface area contributed by atoms with Crippen LogP contribution >= 0.6 is 0 Å². The van der Waals surface area contributed by atoms with E-state index in [2.05, 4.69) is 0 Å². The normalized spacial score (nSPS) is 16.1. The molecule has 0 radical (unpaired) electrons. The Morgan fingerprint density at radius 3 is 2.12 bits per heavy atom. The standard InChI is InChI=1S/C29H26F7NO3/c1-15(2)22-11-23(25(39-4)12-24(22)30)21-6-5-16(3)7-18(21)13-37-14-26(40-27(37)38)17-8-19(28(31,32)33)10-20(9-17)29(34,35)36/h5-12,15,26H,13-14H2,1-4H3. The van der Waals surface area contributed by atoms with Crippen LogP contribution in [-0.4, -0.2) is 24.6 Å². The Balaban J connectivity index is 1.70. The molecule has 0 saturated carbocycles. The fourth-order valence-electron chi connectivity index (χ4n) is 4.69. The number of halogens is 7. The highest BCUT2D eigenvalue weighted by molar-refractivity contribution is 5.76. The van der Waals surface area contributed by atoms with Crippen molar-refractivity contribution in [3.8, 4) is 16.9 Å². The molecule has 0 bridgehead atoms. The molecule has 1 unspecified atom stereocenters. The zero-order valence-corrected chi connectivity index (χ0v) is 22.0. The van der Waals surface area contributed by atoms with Crippen molar-refractivity contribution in [2.24, 2.45) is 0 Å². The van der Waals surface area contributed by atoms with Crippen LogP contribution in [0.2, 0.25) is 0 Å². The minimum Gasteiger partial charge on any atom is -0.496 e. The Labute approximate surface area is 226 Å². The molecule has 0 aromatic heterocycles. The van der Waals surface area contributed by atoms with Crippen LogP contribution in [0.4, 0.5) is 35.5 Å². The van der Waals surface area contributed by atoms with Crippen LogP contribution in [-0.2, 0) is 23.6 Å². The molecule has 1 aliphatic rings. The fourth-order valence-corrected chi connectivity index (χ4v) is 4.69.